The largest absolute Gasteiger partial charge is 0.365 e. The third kappa shape index (κ3) is 2.93. The Hall–Kier alpha value is -1.88. The molecule has 3 rings (SSSR count). The highest BCUT2D eigenvalue weighted by Gasteiger charge is 2.25. The molecule has 1 saturated heterocycles. The zero-order valence-electron chi connectivity index (χ0n) is 11.8. The van der Waals surface area contributed by atoms with Crippen LogP contribution < -0.4 is 5.32 Å². The average Bonchev–Trinajstić information content (AvgIpc) is 2.95. The number of likely N-dealkylation sites (tertiary alicyclic amines) is 1. The topological polar surface area (TPSA) is 58.1 Å². The number of amides is 1. The summed E-state index contributed by atoms with van der Waals surface area (Å²) >= 11 is 5.99. The molecule has 1 aromatic carbocycles. The summed E-state index contributed by atoms with van der Waals surface area (Å²) in [5.41, 5.74) is 0.819. The number of aromatic nitrogens is 2. The fourth-order valence-corrected chi connectivity index (χ4v) is 2.83. The van der Waals surface area contributed by atoms with E-state index in [1.165, 1.54) is 6.33 Å². The maximum absolute atomic E-state index is 11.7. The molecule has 1 N–H and O–H groups in total. The molecule has 0 aliphatic carbocycles. The Labute approximate surface area is 128 Å². The van der Waals surface area contributed by atoms with E-state index in [4.69, 9.17) is 11.6 Å². The Morgan fingerprint density at radius 2 is 2.33 bits per heavy atom. The second-order valence-electron chi connectivity index (χ2n) is 5.21. The minimum atomic E-state index is 0.207. The lowest BCUT2D eigenvalue weighted by Crippen LogP contribution is -2.31. The van der Waals surface area contributed by atoms with Crippen LogP contribution in [0, 0.1) is 0 Å². The SMILES string of the molecule is CCC(=O)N1CCC(Nc2ncnc3cc(Cl)ccc23)C1. The van der Waals surface area contributed by atoms with E-state index in [1.807, 2.05) is 30.0 Å². The third-order valence-electron chi connectivity index (χ3n) is 3.78. The van der Waals surface area contributed by atoms with Crippen LogP contribution in [-0.2, 0) is 4.79 Å². The molecule has 1 fully saturated rings. The van der Waals surface area contributed by atoms with E-state index in [0.717, 1.165) is 36.2 Å². The van der Waals surface area contributed by atoms with Crippen LogP contribution in [0.2, 0.25) is 5.02 Å². The van der Waals surface area contributed by atoms with Crippen LogP contribution in [0.5, 0.6) is 0 Å². The summed E-state index contributed by atoms with van der Waals surface area (Å²) in [4.78, 5) is 22.2. The second-order valence-corrected chi connectivity index (χ2v) is 5.64. The molecule has 0 saturated carbocycles. The fraction of sp³-hybridized carbons (Fsp3) is 0.400. The predicted molar refractivity (Wildman–Crippen MR) is 83.4 cm³/mol. The zero-order valence-corrected chi connectivity index (χ0v) is 12.6. The Morgan fingerprint density at radius 1 is 1.48 bits per heavy atom. The van der Waals surface area contributed by atoms with Crippen LogP contribution >= 0.6 is 11.6 Å². The Kier molecular flexibility index (Phi) is 3.92. The van der Waals surface area contributed by atoms with Crippen molar-refractivity contribution in [3.05, 3.63) is 29.5 Å². The normalized spacial score (nSPS) is 18.2. The molecule has 110 valence electrons. The van der Waals surface area contributed by atoms with E-state index < -0.39 is 0 Å². The highest BCUT2D eigenvalue weighted by molar-refractivity contribution is 6.31. The Morgan fingerprint density at radius 3 is 3.14 bits per heavy atom. The first-order valence-electron chi connectivity index (χ1n) is 7.12. The fourth-order valence-electron chi connectivity index (χ4n) is 2.67. The molecule has 0 radical (unpaired) electrons. The van der Waals surface area contributed by atoms with Crippen molar-refractivity contribution >= 4 is 34.2 Å². The molecule has 6 heteroatoms. The van der Waals surface area contributed by atoms with Crippen LogP contribution in [-0.4, -0.2) is 39.9 Å². The van der Waals surface area contributed by atoms with Crippen LogP contribution in [0.25, 0.3) is 10.9 Å². The number of nitrogens with one attached hydrogen (secondary N) is 1. The first-order chi connectivity index (χ1) is 10.2. The van der Waals surface area contributed by atoms with Gasteiger partial charge < -0.3 is 10.2 Å². The number of carbonyl (C=O) groups is 1. The van der Waals surface area contributed by atoms with Gasteiger partial charge in [0.1, 0.15) is 12.1 Å². The maximum atomic E-state index is 11.7. The Bertz CT molecular complexity index is 676. The van der Waals surface area contributed by atoms with Gasteiger partial charge in [0.2, 0.25) is 5.91 Å². The molecule has 1 atom stereocenters. The van der Waals surface area contributed by atoms with Gasteiger partial charge >= 0.3 is 0 Å². The monoisotopic (exact) mass is 304 g/mol. The van der Waals surface area contributed by atoms with Gasteiger partial charge in [-0.05, 0) is 24.6 Å². The smallest absolute Gasteiger partial charge is 0.222 e. The summed E-state index contributed by atoms with van der Waals surface area (Å²) in [5.74, 6) is 1.01. The number of rotatable bonds is 3. The van der Waals surface area contributed by atoms with Crippen LogP contribution in [0.4, 0.5) is 5.82 Å². The van der Waals surface area contributed by atoms with Crippen molar-refractivity contribution in [3.8, 4) is 0 Å². The van der Waals surface area contributed by atoms with Crippen molar-refractivity contribution in [1.82, 2.24) is 14.9 Å². The van der Waals surface area contributed by atoms with E-state index in [-0.39, 0.29) is 11.9 Å². The van der Waals surface area contributed by atoms with E-state index in [2.05, 4.69) is 15.3 Å². The number of fused-ring (bicyclic) bond motifs is 1. The van der Waals surface area contributed by atoms with Crippen molar-refractivity contribution < 1.29 is 4.79 Å². The summed E-state index contributed by atoms with van der Waals surface area (Å²) in [6.45, 7) is 3.43. The van der Waals surface area contributed by atoms with E-state index in [0.29, 0.717) is 11.4 Å². The standard InChI is InChI=1S/C15H17ClN4O/c1-2-14(21)20-6-5-11(8-20)19-15-12-4-3-10(16)7-13(12)17-9-18-15/h3-4,7,9,11H,2,5-6,8H2,1H3,(H,17,18,19). The quantitative estimate of drug-likeness (QED) is 0.947. The molecule has 1 unspecified atom stereocenters. The van der Waals surface area contributed by atoms with Crippen molar-refractivity contribution in [1.29, 1.82) is 0 Å². The highest BCUT2D eigenvalue weighted by atomic mass is 35.5. The first-order valence-corrected chi connectivity index (χ1v) is 7.49. The minimum absolute atomic E-state index is 0.207. The van der Waals surface area contributed by atoms with Crippen LogP contribution in [0.15, 0.2) is 24.5 Å². The molecule has 1 aromatic heterocycles. The van der Waals surface area contributed by atoms with Gasteiger partial charge in [0.15, 0.2) is 0 Å². The van der Waals surface area contributed by atoms with Crippen molar-refractivity contribution in [2.24, 2.45) is 0 Å². The molecule has 0 spiro atoms. The molecule has 1 aliphatic heterocycles. The van der Waals surface area contributed by atoms with Gasteiger partial charge in [-0.1, -0.05) is 18.5 Å². The van der Waals surface area contributed by atoms with E-state index in [1.54, 1.807) is 0 Å². The maximum Gasteiger partial charge on any atom is 0.222 e. The molecule has 21 heavy (non-hydrogen) atoms. The summed E-state index contributed by atoms with van der Waals surface area (Å²) in [7, 11) is 0. The molecule has 2 heterocycles. The van der Waals surface area contributed by atoms with Gasteiger partial charge in [-0.25, -0.2) is 9.97 Å². The number of carbonyl (C=O) groups excluding carboxylic acids is 1. The van der Waals surface area contributed by atoms with Crippen molar-refractivity contribution in [2.45, 2.75) is 25.8 Å². The van der Waals surface area contributed by atoms with E-state index >= 15 is 0 Å². The molecule has 0 bridgehead atoms. The molecular weight excluding hydrogens is 288 g/mol. The van der Waals surface area contributed by atoms with Gasteiger partial charge in [-0.3, -0.25) is 4.79 Å². The summed E-state index contributed by atoms with van der Waals surface area (Å²) in [6, 6.07) is 5.81. The van der Waals surface area contributed by atoms with E-state index in [9.17, 15) is 4.79 Å². The van der Waals surface area contributed by atoms with Crippen LogP contribution in [0.1, 0.15) is 19.8 Å². The average molecular weight is 305 g/mol. The summed E-state index contributed by atoms with van der Waals surface area (Å²) in [5, 5.41) is 5.03. The lowest BCUT2D eigenvalue weighted by molar-refractivity contribution is -0.129. The zero-order chi connectivity index (χ0) is 14.8. The van der Waals surface area contributed by atoms with Gasteiger partial charge in [0.25, 0.3) is 0 Å². The number of benzene rings is 1. The lowest BCUT2D eigenvalue weighted by atomic mass is 10.2. The molecule has 1 aliphatic rings. The minimum Gasteiger partial charge on any atom is -0.365 e. The number of anilines is 1. The van der Waals surface area contributed by atoms with Crippen molar-refractivity contribution in [3.63, 3.8) is 0 Å². The highest BCUT2D eigenvalue weighted by Crippen LogP contribution is 2.24. The first kappa shape index (κ1) is 14.1. The number of nitrogens with zero attached hydrogens (tertiary/aromatic N) is 3. The van der Waals surface area contributed by atoms with Gasteiger partial charge in [0.05, 0.1) is 5.52 Å². The van der Waals surface area contributed by atoms with Gasteiger partial charge in [-0.2, -0.15) is 0 Å². The van der Waals surface area contributed by atoms with Crippen LogP contribution in [0.3, 0.4) is 0 Å². The molecule has 5 nitrogen and oxygen atoms in total. The summed E-state index contributed by atoms with van der Waals surface area (Å²) in [6.07, 6.45) is 3.03. The molecule has 2 aromatic rings. The predicted octanol–water partition coefficient (Wildman–Crippen LogP) is 2.71. The number of hydrogen-bond acceptors (Lipinski definition) is 4. The van der Waals surface area contributed by atoms with Gasteiger partial charge in [-0.15, -0.1) is 0 Å². The van der Waals surface area contributed by atoms with Crippen molar-refractivity contribution in [2.75, 3.05) is 18.4 Å². The lowest BCUT2D eigenvalue weighted by Gasteiger charge is -2.17. The molecule has 1 amide bonds. The molecular formula is C15H17ClN4O. The van der Waals surface area contributed by atoms with Gasteiger partial charge in [0, 0.05) is 36.0 Å². The second kappa shape index (κ2) is 5.85. The Balaban J connectivity index is 1.78. The number of hydrogen-bond donors (Lipinski definition) is 1. The summed E-state index contributed by atoms with van der Waals surface area (Å²) < 4.78 is 0. The third-order valence-corrected chi connectivity index (χ3v) is 4.02. The number of halogens is 1.